The molecule has 29 heavy (non-hydrogen) atoms. The maximum Gasteiger partial charge on any atom is 0.407 e. The number of nitrogens with one attached hydrogen (secondary N) is 1. The maximum absolute atomic E-state index is 12.2. The lowest BCUT2D eigenvalue weighted by Crippen LogP contribution is -2.55. The van der Waals surface area contributed by atoms with Crippen LogP contribution < -0.4 is 11.1 Å². The van der Waals surface area contributed by atoms with Crippen molar-refractivity contribution >= 4 is 17.9 Å². The number of ether oxygens (including phenoxy) is 1. The number of rotatable bonds is 4. The Morgan fingerprint density at radius 3 is 2.00 bits per heavy atom. The van der Waals surface area contributed by atoms with E-state index >= 15 is 0 Å². The van der Waals surface area contributed by atoms with Gasteiger partial charge in [-0.1, -0.05) is 48.5 Å². The van der Waals surface area contributed by atoms with Crippen LogP contribution in [0.2, 0.25) is 0 Å². The molecule has 0 spiro atoms. The van der Waals surface area contributed by atoms with E-state index < -0.39 is 17.5 Å². The molecule has 0 aromatic rings. The molecule has 0 radical (unpaired) electrons. The van der Waals surface area contributed by atoms with Gasteiger partial charge in [-0.3, -0.25) is 9.59 Å². The number of nitrogens with zero attached hydrogens (tertiary/aromatic N) is 1. The largest absolute Gasteiger partial charge is 0.446 e. The van der Waals surface area contributed by atoms with Gasteiger partial charge in [0, 0.05) is 6.54 Å². The Labute approximate surface area is 178 Å². The van der Waals surface area contributed by atoms with Crippen LogP contribution in [0.5, 0.6) is 0 Å². The zero-order valence-electron chi connectivity index (χ0n) is 20.0. The summed E-state index contributed by atoms with van der Waals surface area (Å²) in [5.74, 6) is 0.0130. The summed E-state index contributed by atoms with van der Waals surface area (Å²) in [5, 5.41) is 2.46. The van der Waals surface area contributed by atoms with Crippen molar-refractivity contribution in [3.63, 3.8) is 0 Å². The van der Waals surface area contributed by atoms with E-state index in [9.17, 15) is 14.4 Å². The number of hydrogen-bond acceptors (Lipinski definition) is 4. The van der Waals surface area contributed by atoms with Gasteiger partial charge in [0.05, 0.1) is 0 Å². The average Bonchev–Trinajstić information content (AvgIpc) is 3.33. The second-order valence-electron chi connectivity index (χ2n) is 7.68. The van der Waals surface area contributed by atoms with Crippen molar-refractivity contribution < 1.29 is 19.1 Å². The van der Waals surface area contributed by atoms with Crippen LogP contribution in [0.1, 0.15) is 93.9 Å². The van der Waals surface area contributed by atoms with Crippen molar-refractivity contribution in [2.24, 2.45) is 11.7 Å². The minimum atomic E-state index is -0.950. The van der Waals surface area contributed by atoms with Gasteiger partial charge in [0.25, 0.3) is 0 Å². The van der Waals surface area contributed by atoms with Crippen molar-refractivity contribution in [3.05, 3.63) is 0 Å². The standard InChI is InChI=1S/C14H23N3O4.C4H10.2C2H6/c1-14(12(15)19)7-4-8-17(14)11(18)9-16-13(20)21-10-5-2-3-6-10;1-4(2)3;2*1-2/h10H,2-9H2,1H3,(H2,15,19)(H,16,20);4H,1-3H3;2*1-2H3/t14-;;;/m0.../s1. The van der Waals surface area contributed by atoms with Gasteiger partial charge in [-0.05, 0) is 51.4 Å². The Balaban J connectivity index is 0. The van der Waals surface area contributed by atoms with Crippen LogP contribution in [0.3, 0.4) is 0 Å². The van der Waals surface area contributed by atoms with Crippen molar-refractivity contribution in [3.8, 4) is 0 Å². The molecule has 2 aliphatic rings. The molecule has 1 aliphatic heterocycles. The highest BCUT2D eigenvalue weighted by molar-refractivity contribution is 5.92. The van der Waals surface area contributed by atoms with Crippen LogP contribution in [-0.2, 0) is 14.3 Å². The summed E-state index contributed by atoms with van der Waals surface area (Å²) in [6.07, 6.45) is 4.58. The first-order valence-electron chi connectivity index (χ1n) is 11.2. The molecule has 0 bridgehead atoms. The molecule has 1 heterocycles. The van der Waals surface area contributed by atoms with Crippen LogP contribution in [-0.4, -0.2) is 47.5 Å². The molecule has 7 heteroatoms. The molecule has 2 rings (SSSR count). The van der Waals surface area contributed by atoms with Crippen LogP contribution in [0.25, 0.3) is 0 Å². The summed E-state index contributed by atoms with van der Waals surface area (Å²) in [6, 6.07) is 0. The zero-order chi connectivity index (χ0) is 23.0. The number of primary amides is 1. The molecule has 1 aliphatic carbocycles. The number of amides is 3. The maximum atomic E-state index is 12.2. The van der Waals surface area contributed by atoms with Crippen molar-refractivity contribution in [2.75, 3.05) is 13.1 Å². The number of carbonyl (C=O) groups is 3. The molecule has 1 atom stereocenters. The summed E-state index contributed by atoms with van der Waals surface area (Å²) in [6.45, 7) is 16.5. The van der Waals surface area contributed by atoms with E-state index in [1.807, 2.05) is 27.7 Å². The molecular weight excluding hydrogens is 370 g/mol. The van der Waals surface area contributed by atoms with E-state index in [1.165, 1.54) is 4.90 Å². The summed E-state index contributed by atoms with van der Waals surface area (Å²) in [7, 11) is 0. The third-order valence-corrected chi connectivity index (χ3v) is 4.43. The predicted octanol–water partition coefficient (Wildman–Crippen LogP) is 4.24. The lowest BCUT2D eigenvalue weighted by atomic mass is 9.98. The molecule has 3 amide bonds. The van der Waals surface area contributed by atoms with E-state index in [4.69, 9.17) is 10.5 Å². The molecule has 2 fully saturated rings. The minimum Gasteiger partial charge on any atom is -0.446 e. The minimum absolute atomic E-state index is 0.0391. The van der Waals surface area contributed by atoms with Gasteiger partial charge >= 0.3 is 6.09 Å². The first-order chi connectivity index (χ1) is 13.7. The number of nitrogens with two attached hydrogens (primary N) is 1. The van der Waals surface area contributed by atoms with Gasteiger partial charge in [-0.2, -0.15) is 0 Å². The molecule has 0 aromatic carbocycles. The number of hydrogen-bond donors (Lipinski definition) is 2. The molecular formula is C22H45N3O4. The highest BCUT2D eigenvalue weighted by Gasteiger charge is 2.44. The van der Waals surface area contributed by atoms with Crippen LogP contribution in [0.4, 0.5) is 4.79 Å². The van der Waals surface area contributed by atoms with Gasteiger partial charge in [0.2, 0.25) is 11.8 Å². The molecule has 0 aromatic heterocycles. The van der Waals surface area contributed by atoms with Crippen LogP contribution in [0, 0.1) is 5.92 Å². The summed E-state index contributed by atoms with van der Waals surface area (Å²) < 4.78 is 5.21. The van der Waals surface area contributed by atoms with E-state index in [0.717, 1.165) is 38.0 Å². The van der Waals surface area contributed by atoms with E-state index in [2.05, 4.69) is 26.1 Å². The van der Waals surface area contributed by atoms with E-state index in [-0.39, 0.29) is 18.6 Å². The Hall–Kier alpha value is -1.79. The second-order valence-corrected chi connectivity index (χ2v) is 7.68. The molecule has 3 N–H and O–H groups in total. The molecule has 0 unspecified atom stereocenters. The lowest BCUT2D eigenvalue weighted by Gasteiger charge is -2.32. The first-order valence-corrected chi connectivity index (χ1v) is 11.2. The fourth-order valence-corrected chi connectivity index (χ4v) is 3.06. The molecule has 172 valence electrons. The fraction of sp³-hybridized carbons (Fsp3) is 0.864. The Morgan fingerprint density at radius 1 is 1.07 bits per heavy atom. The average molecular weight is 416 g/mol. The Bertz CT molecular complexity index is 474. The highest BCUT2D eigenvalue weighted by atomic mass is 16.6. The summed E-state index contributed by atoms with van der Waals surface area (Å²) in [4.78, 5) is 36.7. The van der Waals surface area contributed by atoms with Gasteiger partial charge in [-0.15, -0.1) is 0 Å². The highest BCUT2D eigenvalue weighted by Crippen LogP contribution is 2.28. The Morgan fingerprint density at radius 2 is 1.55 bits per heavy atom. The van der Waals surface area contributed by atoms with Gasteiger partial charge in [-0.25, -0.2) is 4.79 Å². The third kappa shape index (κ3) is 11.1. The fourth-order valence-electron chi connectivity index (χ4n) is 3.06. The Kier molecular flexibility index (Phi) is 16.3. The number of alkyl carbamates (subject to hydrolysis) is 1. The third-order valence-electron chi connectivity index (χ3n) is 4.43. The van der Waals surface area contributed by atoms with Crippen molar-refractivity contribution in [1.29, 1.82) is 0 Å². The second kappa shape index (κ2) is 16.1. The summed E-state index contributed by atoms with van der Waals surface area (Å²) >= 11 is 0. The quantitative estimate of drug-likeness (QED) is 0.717. The van der Waals surface area contributed by atoms with Gasteiger partial charge in [0.1, 0.15) is 18.2 Å². The van der Waals surface area contributed by atoms with E-state index in [0.29, 0.717) is 13.0 Å². The molecule has 1 saturated heterocycles. The van der Waals surface area contributed by atoms with Gasteiger partial charge in [0.15, 0.2) is 0 Å². The lowest BCUT2D eigenvalue weighted by molar-refractivity contribution is -0.141. The number of carbonyl (C=O) groups excluding carboxylic acids is 3. The SMILES string of the molecule is CC.CC.CC(C)C.C[C@@]1(C(N)=O)CCCN1C(=O)CNC(=O)OC1CCCC1. The van der Waals surface area contributed by atoms with Crippen molar-refractivity contribution in [2.45, 2.75) is 106 Å². The van der Waals surface area contributed by atoms with Crippen LogP contribution >= 0.6 is 0 Å². The van der Waals surface area contributed by atoms with E-state index in [1.54, 1.807) is 6.92 Å². The first kappa shape index (κ1) is 29.4. The smallest absolute Gasteiger partial charge is 0.407 e. The molecule has 1 saturated carbocycles. The normalized spacial score (nSPS) is 20.4. The zero-order valence-corrected chi connectivity index (χ0v) is 20.0. The van der Waals surface area contributed by atoms with Gasteiger partial charge < -0.3 is 20.7 Å². The number of likely N-dealkylation sites (tertiary alicyclic amines) is 1. The topological polar surface area (TPSA) is 102 Å². The summed E-state index contributed by atoms with van der Waals surface area (Å²) in [5.41, 5.74) is 4.43. The monoisotopic (exact) mass is 415 g/mol. The predicted molar refractivity (Wildman–Crippen MR) is 118 cm³/mol. The van der Waals surface area contributed by atoms with Crippen LogP contribution in [0.15, 0.2) is 0 Å². The molecule has 7 nitrogen and oxygen atoms in total. The van der Waals surface area contributed by atoms with Crippen molar-refractivity contribution in [1.82, 2.24) is 10.2 Å².